The summed E-state index contributed by atoms with van der Waals surface area (Å²) in [7, 11) is 0. The molecule has 1 atom stereocenters. The zero-order valence-corrected chi connectivity index (χ0v) is 16.1. The molecule has 0 spiro atoms. The van der Waals surface area contributed by atoms with Crippen molar-refractivity contribution in [3.63, 3.8) is 0 Å². The van der Waals surface area contributed by atoms with E-state index in [9.17, 15) is 24.1 Å². The SMILES string of the molecule is N#CC1=C(N)n2c(s/c(=C/c3ccccc3F)c2=O)=C(C#N)[C@H]1c1ccccc1F. The fourth-order valence-electron chi connectivity index (χ4n) is 3.41. The van der Waals surface area contributed by atoms with Gasteiger partial charge in [0.05, 0.1) is 33.7 Å². The number of fused-ring (bicyclic) bond motifs is 1. The lowest BCUT2D eigenvalue weighted by Crippen LogP contribution is -2.38. The molecule has 2 N–H and O–H groups in total. The van der Waals surface area contributed by atoms with Crippen molar-refractivity contribution in [2.24, 2.45) is 5.73 Å². The number of halogens is 2. The van der Waals surface area contributed by atoms with E-state index in [1.807, 2.05) is 12.1 Å². The maximum Gasteiger partial charge on any atom is 0.274 e. The topological polar surface area (TPSA) is 95.6 Å². The Morgan fingerprint density at radius 3 is 2.27 bits per heavy atom. The predicted molar refractivity (Wildman–Crippen MR) is 109 cm³/mol. The van der Waals surface area contributed by atoms with Crippen LogP contribution in [-0.2, 0) is 0 Å². The second-order valence-electron chi connectivity index (χ2n) is 6.47. The van der Waals surface area contributed by atoms with Crippen molar-refractivity contribution in [3.05, 3.63) is 96.4 Å². The molecule has 0 radical (unpaired) electrons. The summed E-state index contributed by atoms with van der Waals surface area (Å²) in [5.74, 6) is -2.32. The quantitative estimate of drug-likeness (QED) is 0.690. The Hall–Kier alpha value is -4.01. The van der Waals surface area contributed by atoms with E-state index in [-0.39, 0.29) is 37.3 Å². The molecule has 0 saturated carbocycles. The van der Waals surface area contributed by atoms with Crippen LogP contribution >= 0.6 is 11.3 Å². The number of nitriles is 2. The first-order valence-electron chi connectivity index (χ1n) is 8.75. The number of rotatable bonds is 2. The van der Waals surface area contributed by atoms with Crippen LogP contribution in [-0.4, -0.2) is 4.57 Å². The fourth-order valence-corrected chi connectivity index (χ4v) is 4.52. The molecule has 4 rings (SSSR count). The Morgan fingerprint density at radius 1 is 1.00 bits per heavy atom. The second-order valence-corrected chi connectivity index (χ2v) is 7.50. The number of allylic oxidation sites excluding steroid dienone is 1. The molecule has 1 aliphatic rings. The molecule has 1 aliphatic heterocycles. The highest BCUT2D eigenvalue weighted by molar-refractivity contribution is 7.07. The van der Waals surface area contributed by atoms with Crippen LogP contribution in [0, 0.1) is 34.3 Å². The maximum atomic E-state index is 14.5. The number of nitrogens with zero attached hydrogens (tertiary/aromatic N) is 3. The molecule has 0 aliphatic carbocycles. The first-order chi connectivity index (χ1) is 14.5. The summed E-state index contributed by atoms with van der Waals surface area (Å²) in [6.45, 7) is 0. The molecule has 0 saturated heterocycles. The zero-order chi connectivity index (χ0) is 21.4. The highest BCUT2D eigenvalue weighted by Gasteiger charge is 2.33. The molecule has 0 unspecified atom stereocenters. The molecule has 2 aromatic carbocycles. The molecule has 3 aromatic rings. The van der Waals surface area contributed by atoms with Gasteiger partial charge in [0.15, 0.2) is 0 Å². The molecule has 5 nitrogen and oxygen atoms in total. The molecule has 0 amide bonds. The normalized spacial score (nSPS) is 16.2. The smallest absolute Gasteiger partial charge is 0.274 e. The van der Waals surface area contributed by atoms with Crippen LogP contribution in [0.3, 0.4) is 0 Å². The fraction of sp³-hybridized carbons (Fsp3) is 0.0455. The monoisotopic (exact) mass is 418 g/mol. The van der Waals surface area contributed by atoms with Crippen molar-refractivity contribution >= 4 is 28.8 Å². The minimum atomic E-state index is -1.04. The number of hydrogen-bond donors (Lipinski definition) is 1. The van der Waals surface area contributed by atoms with Crippen LogP contribution in [0.1, 0.15) is 17.0 Å². The first kappa shape index (κ1) is 19.3. The van der Waals surface area contributed by atoms with Crippen LogP contribution in [0.4, 0.5) is 8.78 Å². The van der Waals surface area contributed by atoms with Gasteiger partial charge >= 0.3 is 0 Å². The van der Waals surface area contributed by atoms with E-state index in [1.54, 1.807) is 12.1 Å². The van der Waals surface area contributed by atoms with Crippen LogP contribution in [0.5, 0.6) is 0 Å². The van der Waals surface area contributed by atoms with E-state index >= 15 is 0 Å². The number of aromatic nitrogens is 1. The van der Waals surface area contributed by atoms with Gasteiger partial charge in [0.1, 0.15) is 22.1 Å². The molecule has 2 heterocycles. The van der Waals surface area contributed by atoms with Gasteiger partial charge in [0, 0.05) is 11.1 Å². The van der Waals surface area contributed by atoms with Gasteiger partial charge < -0.3 is 5.73 Å². The Bertz CT molecular complexity index is 1480. The summed E-state index contributed by atoms with van der Waals surface area (Å²) in [5.41, 5.74) is 5.79. The lowest BCUT2D eigenvalue weighted by Gasteiger charge is -2.22. The summed E-state index contributed by atoms with van der Waals surface area (Å²) in [5, 5.41) is 19.5. The van der Waals surface area contributed by atoms with Gasteiger partial charge in [-0.3, -0.25) is 9.36 Å². The summed E-state index contributed by atoms with van der Waals surface area (Å²) in [6.07, 6.45) is 1.36. The first-order valence-corrected chi connectivity index (χ1v) is 9.56. The second kappa shape index (κ2) is 7.43. The number of thiazole rings is 1. The van der Waals surface area contributed by atoms with Gasteiger partial charge in [-0.05, 0) is 18.2 Å². The standard InChI is InChI=1S/C22H12F2N4OS/c23-16-7-3-1-5-12(16)9-18-21(29)28-20(27)14(10-25)19(15(11-26)22(28)30-18)13-6-2-4-8-17(13)24/h1-9,19H,27H2/b18-9+/t19-/m0/s1. The van der Waals surface area contributed by atoms with Gasteiger partial charge in [-0.2, -0.15) is 10.5 Å². The lowest BCUT2D eigenvalue weighted by atomic mass is 9.84. The summed E-state index contributed by atoms with van der Waals surface area (Å²) in [6, 6.07) is 15.6. The van der Waals surface area contributed by atoms with Gasteiger partial charge in [-0.1, -0.05) is 36.4 Å². The third-order valence-corrected chi connectivity index (χ3v) is 5.91. The average molecular weight is 418 g/mol. The Morgan fingerprint density at radius 2 is 1.63 bits per heavy atom. The van der Waals surface area contributed by atoms with Crippen molar-refractivity contribution in [1.82, 2.24) is 4.57 Å². The minimum Gasteiger partial charge on any atom is -0.384 e. The van der Waals surface area contributed by atoms with Crippen molar-refractivity contribution < 1.29 is 8.78 Å². The predicted octanol–water partition coefficient (Wildman–Crippen LogP) is 2.14. The lowest BCUT2D eigenvalue weighted by molar-refractivity contribution is 0.609. The molecular weight excluding hydrogens is 406 g/mol. The van der Waals surface area contributed by atoms with Gasteiger partial charge in [-0.15, -0.1) is 11.3 Å². The summed E-state index contributed by atoms with van der Waals surface area (Å²) >= 11 is 0.941. The van der Waals surface area contributed by atoms with Crippen molar-refractivity contribution in [3.8, 4) is 12.1 Å². The van der Waals surface area contributed by atoms with E-state index < -0.39 is 23.1 Å². The van der Waals surface area contributed by atoms with Crippen molar-refractivity contribution in [2.45, 2.75) is 5.92 Å². The molecular formula is C22H12F2N4OS. The van der Waals surface area contributed by atoms with Crippen LogP contribution < -0.4 is 20.5 Å². The zero-order valence-electron chi connectivity index (χ0n) is 15.3. The van der Waals surface area contributed by atoms with Crippen LogP contribution in [0.15, 0.2) is 58.9 Å². The third-order valence-electron chi connectivity index (χ3n) is 4.80. The summed E-state index contributed by atoms with van der Waals surface area (Å²) < 4.78 is 29.9. The Labute approximate surface area is 173 Å². The van der Waals surface area contributed by atoms with E-state index in [1.165, 1.54) is 42.5 Å². The van der Waals surface area contributed by atoms with Crippen LogP contribution in [0.2, 0.25) is 0 Å². The summed E-state index contributed by atoms with van der Waals surface area (Å²) in [4.78, 5) is 13.0. The minimum absolute atomic E-state index is 0.0288. The molecule has 8 heteroatoms. The number of hydrogen-bond acceptors (Lipinski definition) is 5. The third kappa shape index (κ3) is 2.91. The van der Waals surface area contributed by atoms with Crippen molar-refractivity contribution in [1.29, 1.82) is 10.5 Å². The van der Waals surface area contributed by atoms with Crippen LogP contribution in [0.25, 0.3) is 17.5 Å². The number of benzene rings is 2. The van der Waals surface area contributed by atoms with Gasteiger partial charge in [0.25, 0.3) is 5.56 Å². The largest absolute Gasteiger partial charge is 0.384 e. The molecule has 146 valence electrons. The van der Waals surface area contributed by atoms with E-state index in [0.717, 1.165) is 15.9 Å². The highest BCUT2D eigenvalue weighted by atomic mass is 32.1. The Balaban J connectivity index is 2.10. The maximum absolute atomic E-state index is 14.5. The van der Waals surface area contributed by atoms with Gasteiger partial charge in [-0.25, -0.2) is 8.78 Å². The molecule has 0 fully saturated rings. The molecule has 0 bridgehead atoms. The average Bonchev–Trinajstić information content (AvgIpc) is 3.06. The van der Waals surface area contributed by atoms with E-state index in [0.29, 0.717) is 0 Å². The van der Waals surface area contributed by atoms with Crippen molar-refractivity contribution in [2.75, 3.05) is 0 Å². The van der Waals surface area contributed by atoms with E-state index in [4.69, 9.17) is 5.73 Å². The van der Waals surface area contributed by atoms with Gasteiger partial charge in [0.2, 0.25) is 0 Å². The highest BCUT2D eigenvalue weighted by Crippen LogP contribution is 2.36. The number of nitrogens with two attached hydrogens (primary N) is 1. The molecule has 30 heavy (non-hydrogen) atoms. The molecule has 1 aromatic heterocycles. The van der Waals surface area contributed by atoms with E-state index in [2.05, 4.69) is 0 Å². The Kier molecular flexibility index (Phi) is 4.78.